The van der Waals surface area contributed by atoms with E-state index in [2.05, 4.69) is 20.3 Å². The minimum absolute atomic E-state index is 0.152. The number of pyridine rings is 1. The molecule has 0 spiro atoms. The van der Waals surface area contributed by atoms with Crippen molar-refractivity contribution in [3.63, 3.8) is 0 Å². The van der Waals surface area contributed by atoms with Gasteiger partial charge in [0, 0.05) is 24.3 Å². The number of benzene rings is 1. The Kier molecular flexibility index (Phi) is 5.57. The van der Waals surface area contributed by atoms with Gasteiger partial charge in [-0.1, -0.05) is 12.1 Å². The maximum atomic E-state index is 12.7. The van der Waals surface area contributed by atoms with E-state index in [1.807, 2.05) is 61.0 Å². The van der Waals surface area contributed by atoms with Crippen molar-refractivity contribution in [2.75, 3.05) is 36.5 Å². The Morgan fingerprint density at radius 1 is 1.14 bits per heavy atom. The van der Waals surface area contributed by atoms with Crippen molar-refractivity contribution in [2.45, 2.75) is 20.4 Å². The molecule has 2 aromatic heterocycles. The first kappa shape index (κ1) is 19.1. The monoisotopic (exact) mass is 391 g/mol. The molecule has 0 radical (unpaired) electrons. The lowest BCUT2D eigenvalue weighted by atomic mass is 10.1. The Hall–Kier alpha value is -3.19. The van der Waals surface area contributed by atoms with Crippen molar-refractivity contribution in [3.05, 3.63) is 71.2 Å². The third-order valence-corrected chi connectivity index (χ3v) is 4.97. The van der Waals surface area contributed by atoms with Crippen LogP contribution in [-0.2, 0) is 11.3 Å². The Balaban J connectivity index is 1.42. The molecule has 1 amide bonds. The lowest BCUT2D eigenvalue weighted by Crippen LogP contribution is -2.36. The molecule has 0 bridgehead atoms. The van der Waals surface area contributed by atoms with E-state index < -0.39 is 0 Å². The van der Waals surface area contributed by atoms with Crippen LogP contribution in [0.1, 0.15) is 27.3 Å². The molecule has 3 heterocycles. The minimum Gasteiger partial charge on any atom is -0.378 e. The van der Waals surface area contributed by atoms with Gasteiger partial charge < -0.3 is 15.0 Å². The van der Waals surface area contributed by atoms with Gasteiger partial charge >= 0.3 is 0 Å². The average molecular weight is 391 g/mol. The van der Waals surface area contributed by atoms with Gasteiger partial charge in [0.1, 0.15) is 5.82 Å². The number of nitrogens with one attached hydrogen (secondary N) is 1. The maximum absolute atomic E-state index is 12.7. The number of anilines is 2. The number of morpholine rings is 1. The molecule has 1 saturated heterocycles. The summed E-state index contributed by atoms with van der Waals surface area (Å²) >= 11 is 0. The summed E-state index contributed by atoms with van der Waals surface area (Å²) < 4.78 is 7.31. The Labute approximate surface area is 170 Å². The van der Waals surface area contributed by atoms with Crippen LogP contribution in [0.3, 0.4) is 0 Å². The van der Waals surface area contributed by atoms with Crippen LogP contribution in [-0.4, -0.2) is 47.0 Å². The molecule has 1 N–H and O–H groups in total. The summed E-state index contributed by atoms with van der Waals surface area (Å²) in [6, 6.07) is 13.5. The SMILES string of the molecule is Cc1cc(C)n(Cc2cccc(C(=O)Nc3ccc(N4CCOCC4)nc3)c2)n1. The minimum atomic E-state index is -0.152. The quantitative estimate of drug-likeness (QED) is 0.724. The normalized spacial score (nSPS) is 14.1. The molecule has 0 atom stereocenters. The molecule has 3 aromatic rings. The summed E-state index contributed by atoms with van der Waals surface area (Å²) in [7, 11) is 0. The van der Waals surface area contributed by atoms with Crippen molar-refractivity contribution in [3.8, 4) is 0 Å². The van der Waals surface area contributed by atoms with E-state index in [9.17, 15) is 4.79 Å². The number of hydrogen-bond donors (Lipinski definition) is 1. The van der Waals surface area contributed by atoms with Gasteiger partial charge in [-0.05, 0) is 49.7 Å². The number of carbonyl (C=O) groups excluding carboxylic acids is 1. The Bertz CT molecular complexity index is 991. The second kappa shape index (κ2) is 8.45. The van der Waals surface area contributed by atoms with Crippen LogP contribution in [0.15, 0.2) is 48.7 Å². The number of carbonyl (C=O) groups is 1. The highest BCUT2D eigenvalue weighted by Gasteiger charge is 2.13. The molecular weight excluding hydrogens is 366 g/mol. The van der Waals surface area contributed by atoms with E-state index in [0.717, 1.165) is 35.9 Å². The zero-order chi connectivity index (χ0) is 20.2. The third-order valence-electron chi connectivity index (χ3n) is 4.97. The molecule has 1 fully saturated rings. The van der Waals surface area contributed by atoms with Crippen LogP contribution in [0.4, 0.5) is 11.5 Å². The molecule has 7 heteroatoms. The number of rotatable bonds is 5. The van der Waals surface area contributed by atoms with Gasteiger partial charge in [-0.25, -0.2) is 4.98 Å². The van der Waals surface area contributed by atoms with Crippen molar-refractivity contribution in [1.29, 1.82) is 0 Å². The van der Waals surface area contributed by atoms with Crippen LogP contribution in [0, 0.1) is 13.8 Å². The smallest absolute Gasteiger partial charge is 0.255 e. The van der Waals surface area contributed by atoms with Crippen LogP contribution in [0.5, 0.6) is 0 Å². The number of nitrogens with zero attached hydrogens (tertiary/aromatic N) is 4. The number of aromatic nitrogens is 3. The van der Waals surface area contributed by atoms with Gasteiger partial charge in [-0.3, -0.25) is 9.48 Å². The molecule has 150 valence electrons. The molecule has 29 heavy (non-hydrogen) atoms. The topological polar surface area (TPSA) is 72.3 Å². The molecule has 1 aliphatic rings. The van der Waals surface area contributed by atoms with E-state index in [4.69, 9.17) is 4.74 Å². The number of ether oxygens (including phenoxy) is 1. The summed E-state index contributed by atoms with van der Waals surface area (Å²) in [4.78, 5) is 19.3. The lowest BCUT2D eigenvalue weighted by molar-refractivity contribution is 0.102. The number of aryl methyl sites for hydroxylation is 2. The molecule has 0 saturated carbocycles. The predicted molar refractivity (Wildman–Crippen MR) is 112 cm³/mol. The number of hydrogen-bond acceptors (Lipinski definition) is 5. The second-order valence-corrected chi connectivity index (χ2v) is 7.24. The maximum Gasteiger partial charge on any atom is 0.255 e. The van der Waals surface area contributed by atoms with Crippen molar-refractivity contribution in [1.82, 2.24) is 14.8 Å². The molecule has 0 aliphatic carbocycles. The first-order valence-corrected chi connectivity index (χ1v) is 9.78. The third kappa shape index (κ3) is 4.63. The highest BCUT2D eigenvalue weighted by molar-refractivity contribution is 6.04. The molecule has 1 aliphatic heterocycles. The van der Waals surface area contributed by atoms with E-state index in [0.29, 0.717) is 31.0 Å². The summed E-state index contributed by atoms with van der Waals surface area (Å²) in [5, 5.41) is 7.42. The highest BCUT2D eigenvalue weighted by atomic mass is 16.5. The van der Waals surface area contributed by atoms with E-state index in [-0.39, 0.29) is 5.91 Å². The Morgan fingerprint density at radius 2 is 1.97 bits per heavy atom. The zero-order valence-corrected chi connectivity index (χ0v) is 16.8. The largest absolute Gasteiger partial charge is 0.378 e. The van der Waals surface area contributed by atoms with Crippen molar-refractivity contribution < 1.29 is 9.53 Å². The predicted octanol–water partition coefficient (Wildman–Crippen LogP) is 3.03. The summed E-state index contributed by atoms with van der Waals surface area (Å²) in [6.45, 7) is 7.75. The highest BCUT2D eigenvalue weighted by Crippen LogP contribution is 2.17. The molecular formula is C22H25N5O2. The molecule has 7 nitrogen and oxygen atoms in total. The second-order valence-electron chi connectivity index (χ2n) is 7.24. The van der Waals surface area contributed by atoms with E-state index in [1.54, 1.807) is 6.20 Å². The van der Waals surface area contributed by atoms with Gasteiger partial charge in [0.05, 0.1) is 37.3 Å². The standard InChI is InChI=1S/C22H25N5O2/c1-16-12-17(2)27(25-16)15-18-4-3-5-19(13-18)22(28)24-20-6-7-21(23-14-20)26-8-10-29-11-9-26/h3-7,12-14H,8-11,15H2,1-2H3,(H,24,28). The van der Waals surface area contributed by atoms with Gasteiger partial charge in [-0.15, -0.1) is 0 Å². The van der Waals surface area contributed by atoms with Crippen LogP contribution >= 0.6 is 0 Å². The fraction of sp³-hybridized carbons (Fsp3) is 0.318. The summed E-state index contributed by atoms with van der Waals surface area (Å²) in [5.74, 6) is 0.749. The van der Waals surface area contributed by atoms with E-state index >= 15 is 0 Å². The number of amides is 1. The van der Waals surface area contributed by atoms with Gasteiger partial charge in [-0.2, -0.15) is 5.10 Å². The first-order valence-electron chi connectivity index (χ1n) is 9.78. The zero-order valence-electron chi connectivity index (χ0n) is 16.8. The van der Waals surface area contributed by atoms with Crippen LogP contribution in [0.25, 0.3) is 0 Å². The van der Waals surface area contributed by atoms with Gasteiger partial charge in [0.25, 0.3) is 5.91 Å². The molecule has 0 unspecified atom stereocenters. The van der Waals surface area contributed by atoms with E-state index in [1.165, 1.54) is 0 Å². The van der Waals surface area contributed by atoms with Gasteiger partial charge in [0.15, 0.2) is 0 Å². The van der Waals surface area contributed by atoms with Gasteiger partial charge in [0.2, 0.25) is 0 Å². The molecule has 1 aromatic carbocycles. The first-order chi connectivity index (χ1) is 14.1. The average Bonchev–Trinajstić information content (AvgIpc) is 3.06. The summed E-state index contributed by atoms with van der Waals surface area (Å²) in [5.41, 5.74) is 4.41. The molecule has 4 rings (SSSR count). The van der Waals surface area contributed by atoms with Crippen molar-refractivity contribution in [2.24, 2.45) is 0 Å². The lowest BCUT2D eigenvalue weighted by Gasteiger charge is -2.27. The summed E-state index contributed by atoms with van der Waals surface area (Å²) in [6.07, 6.45) is 1.70. The van der Waals surface area contributed by atoms with Crippen LogP contribution in [0.2, 0.25) is 0 Å². The van der Waals surface area contributed by atoms with Crippen molar-refractivity contribution >= 4 is 17.4 Å². The Morgan fingerprint density at radius 3 is 2.66 bits per heavy atom. The fourth-order valence-corrected chi connectivity index (χ4v) is 3.46. The van der Waals surface area contributed by atoms with Crippen LogP contribution < -0.4 is 10.2 Å². The fourth-order valence-electron chi connectivity index (χ4n) is 3.46.